The van der Waals surface area contributed by atoms with Gasteiger partial charge in [-0.15, -0.1) is 0 Å². The third-order valence-corrected chi connectivity index (χ3v) is 2.27. The van der Waals surface area contributed by atoms with E-state index in [9.17, 15) is 10.1 Å². The molecule has 0 aliphatic carbocycles. The largest absolute Gasteiger partial charge is 0.493 e. The quantitative estimate of drug-likeness (QED) is 0.622. The van der Waals surface area contributed by atoms with Crippen molar-refractivity contribution < 1.29 is 14.4 Å². The Kier molecular flexibility index (Phi) is 4.28. The first-order valence-electron chi connectivity index (χ1n) is 5.14. The molecule has 0 aromatic heterocycles. The summed E-state index contributed by atoms with van der Waals surface area (Å²) in [4.78, 5) is 10.4. The number of nitro benzene ring substituents is 1. The first-order chi connectivity index (χ1) is 7.99. The van der Waals surface area contributed by atoms with Crippen LogP contribution >= 0.6 is 0 Å². The van der Waals surface area contributed by atoms with Crippen LogP contribution in [0, 0.1) is 10.1 Å². The first kappa shape index (κ1) is 13.2. The average molecular weight is 240 g/mol. The molecule has 1 rings (SSSR count). The highest BCUT2D eigenvalue weighted by Crippen LogP contribution is 2.38. The van der Waals surface area contributed by atoms with Crippen molar-refractivity contribution in [2.75, 3.05) is 14.2 Å². The highest BCUT2D eigenvalue weighted by Gasteiger charge is 2.21. The summed E-state index contributed by atoms with van der Waals surface area (Å²) in [5, 5.41) is 10.9. The normalized spacial score (nSPS) is 12.0. The molecule has 1 aromatic rings. The third-order valence-electron chi connectivity index (χ3n) is 2.27. The summed E-state index contributed by atoms with van der Waals surface area (Å²) < 4.78 is 10.1. The second-order valence-corrected chi connectivity index (χ2v) is 3.79. The summed E-state index contributed by atoms with van der Waals surface area (Å²) >= 11 is 0. The van der Waals surface area contributed by atoms with E-state index < -0.39 is 4.92 Å². The Morgan fingerprint density at radius 1 is 1.41 bits per heavy atom. The SMILES string of the molecule is COc1cc(C[C@@H](C)N)cc([N+](=O)[O-])c1OC. The van der Waals surface area contributed by atoms with Gasteiger partial charge in [0.2, 0.25) is 5.75 Å². The van der Waals surface area contributed by atoms with Crippen LogP contribution in [0.15, 0.2) is 12.1 Å². The van der Waals surface area contributed by atoms with Crippen LogP contribution in [-0.4, -0.2) is 25.2 Å². The number of hydrogen-bond donors (Lipinski definition) is 1. The number of ether oxygens (including phenoxy) is 2. The Morgan fingerprint density at radius 2 is 2.06 bits per heavy atom. The van der Waals surface area contributed by atoms with E-state index >= 15 is 0 Å². The van der Waals surface area contributed by atoms with Gasteiger partial charge in [0.05, 0.1) is 19.1 Å². The maximum Gasteiger partial charge on any atom is 0.315 e. The highest BCUT2D eigenvalue weighted by atomic mass is 16.6. The van der Waals surface area contributed by atoms with Gasteiger partial charge in [0, 0.05) is 12.1 Å². The van der Waals surface area contributed by atoms with E-state index in [-0.39, 0.29) is 17.5 Å². The molecule has 94 valence electrons. The van der Waals surface area contributed by atoms with Crippen molar-refractivity contribution in [1.82, 2.24) is 0 Å². The lowest BCUT2D eigenvalue weighted by atomic mass is 10.1. The maximum atomic E-state index is 10.9. The number of nitro groups is 1. The standard InChI is InChI=1S/C11H16N2O4/c1-7(12)4-8-5-9(13(14)15)11(17-3)10(6-8)16-2/h5-7H,4,12H2,1-3H3/t7-/m1/s1. The molecule has 0 unspecified atom stereocenters. The minimum Gasteiger partial charge on any atom is -0.493 e. The average Bonchev–Trinajstić information content (AvgIpc) is 2.26. The zero-order valence-electron chi connectivity index (χ0n) is 10.1. The van der Waals surface area contributed by atoms with E-state index in [4.69, 9.17) is 15.2 Å². The molecular formula is C11H16N2O4. The molecule has 0 radical (unpaired) electrons. The monoisotopic (exact) mass is 240 g/mol. The molecule has 6 heteroatoms. The molecule has 0 amide bonds. The topological polar surface area (TPSA) is 87.6 Å². The predicted octanol–water partition coefficient (Wildman–Crippen LogP) is 1.50. The van der Waals surface area contributed by atoms with Gasteiger partial charge in [-0.1, -0.05) is 0 Å². The van der Waals surface area contributed by atoms with Crippen LogP contribution in [0.5, 0.6) is 11.5 Å². The maximum absolute atomic E-state index is 10.9. The van der Waals surface area contributed by atoms with E-state index in [1.54, 1.807) is 6.07 Å². The molecule has 17 heavy (non-hydrogen) atoms. The van der Waals surface area contributed by atoms with Gasteiger partial charge in [-0.05, 0) is 25.0 Å². The number of nitrogens with zero attached hydrogens (tertiary/aromatic N) is 1. The number of hydrogen-bond acceptors (Lipinski definition) is 5. The summed E-state index contributed by atoms with van der Waals surface area (Å²) in [6.45, 7) is 1.84. The van der Waals surface area contributed by atoms with Gasteiger partial charge in [-0.2, -0.15) is 0 Å². The van der Waals surface area contributed by atoms with Gasteiger partial charge in [0.15, 0.2) is 5.75 Å². The van der Waals surface area contributed by atoms with Crippen LogP contribution in [0.4, 0.5) is 5.69 Å². The van der Waals surface area contributed by atoms with Crippen molar-refractivity contribution in [3.63, 3.8) is 0 Å². The van der Waals surface area contributed by atoms with Crippen molar-refractivity contribution in [1.29, 1.82) is 0 Å². The Hall–Kier alpha value is -1.82. The van der Waals surface area contributed by atoms with Crippen LogP contribution < -0.4 is 15.2 Å². The summed E-state index contributed by atoms with van der Waals surface area (Å²) in [6, 6.07) is 3.09. The molecule has 0 bridgehead atoms. The van der Waals surface area contributed by atoms with Crippen molar-refractivity contribution >= 4 is 5.69 Å². The fourth-order valence-corrected chi connectivity index (χ4v) is 1.63. The van der Waals surface area contributed by atoms with Gasteiger partial charge < -0.3 is 15.2 Å². The minimum absolute atomic E-state index is 0.0762. The second kappa shape index (κ2) is 5.49. The van der Waals surface area contributed by atoms with E-state index in [0.29, 0.717) is 12.2 Å². The van der Waals surface area contributed by atoms with Crippen LogP contribution in [0.2, 0.25) is 0 Å². The number of nitrogens with two attached hydrogens (primary N) is 1. The van der Waals surface area contributed by atoms with Gasteiger partial charge in [-0.3, -0.25) is 10.1 Å². The molecular weight excluding hydrogens is 224 g/mol. The molecule has 0 fully saturated rings. The smallest absolute Gasteiger partial charge is 0.315 e. The fraction of sp³-hybridized carbons (Fsp3) is 0.455. The van der Waals surface area contributed by atoms with Crippen molar-refractivity contribution in [3.05, 3.63) is 27.8 Å². The van der Waals surface area contributed by atoms with E-state index in [0.717, 1.165) is 5.56 Å². The summed E-state index contributed by atoms with van der Waals surface area (Å²) in [5.74, 6) is 0.475. The van der Waals surface area contributed by atoms with Crippen LogP contribution in [0.3, 0.4) is 0 Å². The van der Waals surface area contributed by atoms with E-state index in [1.165, 1.54) is 20.3 Å². The zero-order chi connectivity index (χ0) is 13.0. The molecule has 1 aromatic carbocycles. The Balaban J connectivity index is 3.29. The molecule has 6 nitrogen and oxygen atoms in total. The van der Waals surface area contributed by atoms with E-state index in [1.807, 2.05) is 6.92 Å². The van der Waals surface area contributed by atoms with Crippen molar-refractivity contribution in [2.24, 2.45) is 5.73 Å². The minimum atomic E-state index is -0.494. The molecule has 0 spiro atoms. The molecule has 0 aliphatic heterocycles. The Labute approximate surface area is 99.5 Å². The lowest BCUT2D eigenvalue weighted by molar-refractivity contribution is -0.385. The summed E-state index contributed by atoms with van der Waals surface area (Å²) in [5.41, 5.74) is 6.32. The first-order valence-corrected chi connectivity index (χ1v) is 5.14. The number of methoxy groups -OCH3 is 2. The zero-order valence-corrected chi connectivity index (χ0v) is 10.1. The fourth-order valence-electron chi connectivity index (χ4n) is 1.63. The van der Waals surface area contributed by atoms with Gasteiger partial charge in [0.25, 0.3) is 0 Å². The molecule has 2 N–H and O–H groups in total. The van der Waals surface area contributed by atoms with Crippen LogP contribution in [0.1, 0.15) is 12.5 Å². The Morgan fingerprint density at radius 3 is 2.47 bits per heavy atom. The third kappa shape index (κ3) is 3.07. The molecule has 1 atom stereocenters. The predicted molar refractivity (Wildman–Crippen MR) is 63.6 cm³/mol. The summed E-state index contributed by atoms with van der Waals surface area (Å²) in [6.07, 6.45) is 0.543. The Bertz CT molecular complexity index is 418. The lowest BCUT2D eigenvalue weighted by Gasteiger charge is -2.11. The van der Waals surface area contributed by atoms with Crippen molar-refractivity contribution in [2.45, 2.75) is 19.4 Å². The summed E-state index contributed by atoms with van der Waals surface area (Å²) in [7, 11) is 2.81. The van der Waals surface area contributed by atoms with Gasteiger partial charge in [0.1, 0.15) is 0 Å². The molecule has 0 saturated carbocycles. The van der Waals surface area contributed by atoms with Gasteiger partial charge in [-0.25, -0.2) is 0 Å². The number of benzene rings is 1. The molecule has 0 saturated heterocycles. The van der Waals surface area contributed by atoms with Crippen LogP contribution in [-0.2, 0) is 6.42 Å². The second-order valence-electron chi connectivity index (χ2n) is 3.79. The van der Waals surface area contributed by atoms with Crippen LogP contribution in [0.25, 0.3) is 0 Å². The van der Waals surface area contributed by atoms with Crippen molar-refractivity contribution in [3.8, 4) is 11.5 Å². The van der Waals surface area contributed by atoms with Gasteiger partial charge >= 0.3 is 5.69 Å². The lowest BCUT2D eigenvalue weighted by Crippen LogP contribution is -2.17. The van der Waals surface area contributed by atoms with E-state index in [2.05, 4.69) is 0 Å². The molecule has 0 heterocycles. The number of rotatable bonds is 5. The molecule has 0 aliphatic rings. The highest BCUT2D eigenvalue weighted by molar-refractivity contribution is 5.58.